The summed E-state index contributed by atoms with van der Waals surface area (Å²) in [4.78, 5) is 13.2. The van der Waals surface area contributed by atoms with E-state index in [1.165, 1.54) is 0 Å². The maximum atomic E-state index is 12.0. The van der Waals surface area contributed by atoms with Crippen molar-refractivity contribution in [3.05, 3.63) is 40.6 Å². The first-order valence-electron chi connectivity index (χ1n) is 8.04. The molecule has 1 saturated heterocycles. The van der Waals surface area contributed by atoms with Crippen molar-refractivity contribution in [2.24, 2.45) is 0 Å². The first kappa shape index (κ1) is 19.7. The zero-order valence-electron chi connectivity index (χ0n) is 14.1. The zero-order valence-corrected chi connectivity index (χ0v) is 15.8. The molecule has 2 aromatic rings. The first-order chi connectivity index (χ1) is 11.7. The third kappa shape index (κ3) is 5.71. The molecule has 1 amide bonds. The monoisotopic (exact) mass is 382 g/mol. The number of benzene rings is 1. The SMILES string of the molecule is COc1ccc(-c2csc(CNC(=O)CC3COCCN3)c2)cc1.Cl. The number of thiophene rings is 1. The molecule has 1 aliphatic heterocycles. The molecule has 2 heterocycles. The lowest BCUT2D eigenvalue weighted by molar-refractivity contribution is -0.122. The molecular weight excluding hydrogens is 360 g/mol. The molecule has 1 fully saturated rings. The summed E-state index contributed by atoms with van der Waals surface area (Å²) >= 11 is 1.66. The van der Waals surface area contributed by atoms with Gasteiger partial charge < -0.3 is 20.1 Å². The van der Waals surface area contributed by atoms with E-state index < -0.39 is 0 Å². The molecule has 0 saturated carbocycles. The highest BCUT2D eigenvalue weighted by molar-refractivity contribution is 7.10. The molecule has 136 valence electrons. The van der Waals surface area contributed by atoms with E-state index in [9.17, 15) is 4.79 Å². The van der Waals surface area contributed by atoms with Crippen LogP contribution in [0, 0.1) is 0 Å². The van der Waals surface area contributed by atoms with Crippen molar-refractivity contribution in [3.8, 4) is 16.9 Å². The maximum absolute atomic E-state index is 12.0. The number of methoxy groups -OCH3 is 1. The Hall–Kier alpha value is -1.60. The van der Waals surface area contributed by atoms with Gasteiger partial charge in [0.25, 0.3) is 0 Å². The van der Waals surface area contributed by atoms with Gasteiger partial charge in [0.15, 0.2) is 0 Å². The second-order valence-electron chi connectivity index (χ2n) is 5.74. The number of hydrogen-bond acceptors (Lipinski definition) is 5. The van der Waals surface area contributed by atoms with Crippen molar-refractivity contribution in [2.75, 3.05) is 26.9 Å². The Labute approximate surface area is 158 Å². The fourth-order valence-corrected chi connectivity index (χ4v) is 3.47. The number of carbonyl (C=O) groups is 1. The number of rotatable bonds is 6. The number of halogens is 1. The number of hydrogen-bond donors (Lipinski definition) is 2. The van der Waals surface area contributed by atoms with Crippen molar-refractivity contribution in [1.82, 2.24) is 10.6 Å². The topological polar surface area (TPSA) is 59.6 Å². The van der Waals surface area contributed by atoms with Crippen molar-refractivity contribution >= 4 is 29.7 Å². The Kier molecular flexibility index (Phi) is 7.71. The minimum Gasteiger partial charge on any atom is -0.497 e. The van der Waals surface area contributed by atoms with Gasteiger partial charge in [0.2, 0.25) is 5.91 Å². The van der Waals surface area contributed by atoms with Gasteiger partial charge in [-0.3, -0.25) is 4.79 Å². The molecule has 25 heavy (non-hydrogen) atoms. The Morgan fingerprint density at radius 3 is 2.84 bits per heavy atom. The molecule has 1 unspecified atom stereocenters. The van der Waals surface area contributed by atoms with E-state index in [1.54, 1.807) is 18.4 Å². The van der Waals surface area contributed by atoms with Gasteiger partial charge in [0.1, 0.15) is 5.75 Å². The molecule has 3 rings (SSSR count). The molecule has 5 nitrogen and oxygen atoms in total. The Bertz CT molecular complexity index is 669. The Morgan fingerprint density at radius 2 is 2.16 bits per heavy atom. The summed E-state index contributed by atoms with van der Waals surface area (Å²) in [5, 5.41) is 8.39. The second kappa shape index (κ2) is 9.77. The lowest BCUT2D eigenvalue weighted by atomic mass is 10.1. The summed E-state index contributed by atoms with van der Waals surface area (Å²) in [7, 11) is 1.66. The Balaban J connectivity index is 0.00000225. The largest absolute Gasteiger partial charge is 0.497 e. The molecule has 0 spiro atoms. The van der Waals surface area contributed by atoms with Crippen LogP contribution >= 0.6 is 23.7 Å². The van der Waals surface area contributed by atoms with Gasteiger partial charge in [0.05, 0.1) is 26.9 Å². The van der Waals surface area contributed by atoms with Gasteiger partial charge in [0, 0.05) is 23.9 Å². The number of ether oxygens (including phenoxy) is 2. The van der Waals surface area contributed by atoms with Crippen LogP contribution in [-0.2, 0) is 16.1 Å². The number of amides is 1. The van der Waals surface area contributed by atoms with E-state index >= 15 is 0 Å². The third-order valence-electron chi connectivity index (χ3n) is 3.97. The van der Waals surface area contributed by atoms with E-state index in [-0.39, 0.29) is 24.4 Å². The fraction of sp³-hybridized carbons (Fsp3) is 0.389. The van der Waals surface area contributed by atoms with Crippen LogP contribution in [0.3, 0.4) is 0 Å². The van der Waals surface area contributed by atoms with Gasteiger partial charge in [-0.05, 0) is 34.7 Å². The normalized spacial score (nSPS) is 16.8. The van der Waals surface area contributed by atoms with Crippen LogP contribution < -0.4 is 15.4 Å². The van der Waals surface area contributed by atoms with E-state index in [1.807, 2.05) is 24.3 Å². The predicted octanol–water partition coefficient (Wildman–Crippen LogP) is 2.84. The van der Waals surface area contributed by atoms with Crippen LogP contribution in [0.2, 0.25) is 0 Å². The lowest BCUT2D eigenvalue weighted by Gasteiger charge is -2.23. The highest BCUT2D eigenvalue weighted by atomic mass is 35.5. The molecule has 1 atom stereocenters. The minimum absolute atomic E-state index is 0. The highest BCUT2D eigenvalue weighted by Crippen LogP contribution is 2.27. The fourth-order valence-electron chi connectivity index (χ4n) is 2.64. The molecule has 1 aromatic heterocycles. The standard InChI is InChI=1S/C18H22N2O3S.ClH/c1-22-16-4-2-13(3-5-16)14-8-17(24-12-14)10-20-18(21)9-15-11-23-7-6-19-15;/h2-5,8,12,15,19H,6-7,9-11H2,1H3,(H,20,21);1H. The average Bonchev–Trinajstić information content (AvgIpc) is 3.10. The van der Waals surface area contributed by atoms with E-state index in [2.05, 4.69) is 22.1 Å². The summed E-state index contributed by atoms with van der Waals surface area (Å²) < 4.78 is 10.5. The van der Waals surface area contributed by atoms with E-state index in [0.29, 0.717) is 19.6 Å². The summed E-state index contributed by atoms with van der Waals surface area (Å²) in [6.07, 6.45) is 0.455. The van der Waals surface area contributed by atoms with E-state index in [0.717, 1.165) is 34.9 Å². The molecule has 0 radical (unpaired) electrons. The maximum Gasteiger partial charge on any atom is 0.221 e. The third-order valence-corrected chi connectivity index (χ3v) is 4.90. The lowest BCUT2D eigenvalue weighted by Crippen LogP contribution is -2.44. The summed E-state index contributed by atoms with van der Waals surface area (Å²) in [6, 6.07) is 10.2. The van der Waals surface area contributed by atoms with Gasteiger partial charge in [-0.15, -0.1) is 23.7 Å². The van der Waals surface area contributed by atoms with Crippen LogP contribution in [-0.4, -0.2) is 38.8 Å². The second-order valence-corrected chi connectivity index (χ2v) is 6.73. The van der Waals surface area contributed by atoms with Gasteiger partial charge >= 0.3 is 0 Å². The summed E-state index contributed by atoms with van der Waals surface area (Å²) in [5.74, 6) is 0.902. The first-order valence-corrected chi connectivity index (χ1v) is 8.92. The molecule has 1 aromatic carbocycles. The molecule has 2 N–H and O–H groups in total. The number of carbonyl (C=O) groups excluding carboxylic acids is 1. The van der Waals surface area contributed by atoms with Gasteiger partial charge in [-0.1, -0.05) is 12.1 Å². The molecule has 0 aliphatic carbocycles. The van der Waals surface area contributed by atoms with Crippen LogP contribution in [0.15, 0.2) is 35.7 Å². The van der Waals surface area contributed by atoms with Crippen molar-refractivity contribution in [2.45, 2.75) is 19.0 Å². The van der Waals surface area contributed by atoms with Crippen LogP contribution in [0.4, 0.5) is 0 Å². The van der Waals surface area contributed by atoms with Gasteiger partial charge in [-0.2, -0.15) is 0 Å². The smallest absolute Gasteiger partial charge is 0.221 e. The van der Waals surface area contributed by atoms with Crippen molar-refractivity contribution in [1.29, 1.82) is 0 Å². The molecular formula is C18H23ClN2O3S. The van der Waals surface area contributed by atoms with Crippen molar-refractivity contribution in [3.63, 3.8) is 0 Å². The Morgan fingerprint density at radius 1 is 1.36 bits per heavy atom. The zero-order chi connectivity index (χ0) is 16.8. The average molecular weight is 383 g/mol. The molecule has 1 aliphatic rings. The predicted molar refractivity (Wildman–Crippen MR) is 103 cm³/mol. The molecule has 0 bridgehead atoms. The summed E-state index contributed by atoms with van der Waals surface area (Å²) in [5.41, 5.74) is 2.31. The van der Waals surface area contributed by atoms with Gasteiger partial charge in [-0.25, -0.2) is 0 Å². The van der Waals surface area contributed by atoms with Crippen LogP contribution in [0.5, 0.6) is 5.75 Å². The van der Waals surface area contributed by atoms with Crippen molar-refractivity contribution < 1.29 is 14.3 Å². The highest BCUT2D eigenvalue weighted by Gasteiger charge is 2.16. The van der Waals surface area contributed by atoms with E-state index in [4.69, 9.17) is 9.47 Å². The molecule has 7 heteroatoms. The minimum atomic E-state index is 0. The van der Waals surface area contributed by atoms with Crippen LogP contribution in [0.1, 0.15) is 11.3 Å². The number of nitrogens with one attached hydrogen (secondary N) is 2. The quantitative estimate of drug-likeness (QED) is 0.806. The summed E-state index contributed by atoms with van der Waals surface area (Å²) in [6.45, 7) is 2.71. The van der Waals surface area contributed by atoms with Crippen LogP contribution in [0.25, 0.3) is 11.1 Å². The number of morpholine rings is 1.